The van der Waals surface area contributed by atoms with Crippen molar-refractivity contribution in [2.75, 3.05) is 11.5 Å². The first-order chi connectivity index (χ1) is 8.08. The van der Waals surface area contributed by atoms with E-state index < -0.39 is 0 Å². The van der Waals surface area contributed by atoms with E-state index in [1.165, 1.54) is 0 Å². The molecule has 1 unspecified atom stereocenters. The van der Waals surface area contributed by atoms with Crippen molar-refractivity contribution in [1.82, 2.24) is 5.32 Å². The third-order valence-corrected chi connectivity index (χ3v) is 2.79. The summed E-state index contributed by atoms with van der Waals surface area (Å²) in [7, 11) is 0. The van der Waals surface area contributed by atoms with Crippen LogP contribution in [-0.4, -0.2) is 11.9 Å². The van der Waals surface area contributed by atoms with Gasteiger partial charge in [0.05, 0.1) is 5.56 Å². The van der Waals surface area contributed by atoms with E-state index in [0.29, 0.717) is 16.9 Å². The SMILES string of the molecule is CCCC(CC)NC(=O)c1ccc(N)cc1N. The van der Waals surface area contributed by atoms with Crippen molar-refractivity contribution >= 4 is 17.3 Å². The summed E-state index contributed by atoms with van der Waals surface area (Å²) in [5, 5.41) is 2.98. The van der Waals surface area contributed by atoms with E-state index in [9.17, 15) is 4.79 Å². The Kier molecular flexibility index (Phi) is 4.82. The highest BCUT2D eigenvalue weighted by molar-refractivity contribution is 5.99. The van der Waals surface area contributed by atoms with Gasteiger partial charge in [0, 0.05) is 17.4 Å². The molecule has 0 heterocycles. The molecule has 94 valence electrons. The third kappa shape index (κ3) is 3.66. The first kappa shape index (κ1) is 13.4. The first-order valence-corrected chi connectivity index (χ1v) is 6.04. The van der Waals surface area contributed by atoms with Gasteiger partial charge in [-0.15, -0.1) is 0 Å². The number of amides is 1. The Morgan fingerprint density at radius 1 is 1.35 bits per heavy atom. The van der Waals surface area contributed by atoms with E-state index in [0.717, 1.165) is 19.3 Å². The van der Waals surface area contributed by atoms with Crippen LogP contribution in [0.4, 0.5) is 11.4 Å². The van der Waals surface area contributed by atoms with Crippen molar-refractivity contribution in [1.29, 1.82) is 0 Å². The molecule has 0 fully saturated rings. The number of nitrogens with one attached hydrogen (secondary N) is 1. The van der Waals surface area contributed by atoms with Crippen LogP contribution in [-0.2, 0) is 0 Å². The van der Waals surface area contributed by atoms with Crippen LogP contribution in [0.3, 0.4) is 0 Å². The summed E-state index contributed by atoms with van der Waals surface area (Å²) in [5.41, 5.74) is 12.9. The van der Waals surface area contributed by atoms with E-state index in [-0.39, 0.29) is 11.9 Å². The van der Waals surface area contributed by atoms with E-state index in [1.807, 2.05) is 0 Å². The average Bonchev–Trinajstić information content (AvgIpc) is 2.28. The molecular formula is C13H21N3O. The highest BCUT2D eigenvalue weighted by Crippen LogP contribution is 2.16. The number of nitrogens with two attached hydrogens (primary N) is 2. The van der Waals surface area contributed by atoms with Crippen molar-refractivity contribution in [2.45, 2.75) is 39.2 Å². The maximum atomic E-state index is 12.0. The fourth-order valence-electron chi connectivity index (χ4n) is 1.78. The Hall–Kier alpha value is -1.71. The molecule has 0 radical (unpaired) electrons. The molecule has 4 nitrogen and oxygen atoms in total. The summed E-state index contributed by atoms with van der Waals surface area (Å²) in [4.78, 5) is 12.0. The zero-order valence-electron chi connectivity index (χ0n) is 10.5. The number of hydrogen-bond acceptors (Lipinski definition) is 3. The number of rotatable bonds is 5. The molecule has 0 aliphatic rings. The van der Waals surface area contributed by atoms with Gasteiger partial charge in [-0.2, -0.15) is 0 Å². The molecule has 1 rings (SSSR count). The molecule has 4 heteroatoms. The van der Waals surface area contributed by atoms with E-state index in [1.54, 1.807) is 18.2 Å². The van der Waals surface area contributed by atoms with Crippen molar-refractivity contribution in [3.63, 3.8) is 0 Å². The molecule has 1 atom stereocenters. The Labute approximate surface area is 102 Å². The molecule has 0 saturated carbocycles. The molecule has 0 aromatic heterocycles. The molecule has 1 aromatic carbocycles. The van der Waals surface area contributed by atoms with Crippen LogP contribution >= 0.6 is 0 Å². The highest BCUT2D eigenvalue weighted by atomic mass is 16.1. The van der Waals surface area contributed by atoms with Crippen LogP contribution in [0, 0.1) is 0 Å². The number of anilines is 2. The average molecular weight is 235 g/mol. The lowest BCUT2D eigenvalue weighted by molar-refractivity contribution is 0.0934. The molecule has 0 saturated heterocycles. The maximum Gasteiger partial charge on any atom is 0.253 e. The van der Waals surface area contributed by atoms with E-state index >= 15 is 0 Å². The summed E-state index contributed by atoms with van der Waals surface area (Å²) in [5.74, 6) is -0.122. The zero-order chi connectivity index (χ0) is 12.8. The predicted molar refractivity (Wildman–Crippen MR) is 71.7 cm³/mol. The number of carbonyl (C=O) groups excluding carboxylic acids is 1. The molecule has 0 spiro atoms. The van der Waals surface area contributed by atoms with Gasteiger partial charge in [-0.05, 0) is 31.0 Å². The molecule has 5 N–H and O–H groups in total. The third-order valence-electron chi connectivity index (χ3n) is 2.79. The minimum Gasteiger partial charge on any atom is -0.399 e. The second kappa shape index (κ2) is 6.13. The Morgan fingerprint density at radius 3 is 2.59 bits per heavy atom. The lowest BCUT2D eigenvalue weighted by Crippen LogP contribution is -2.34. The Bertz CT molecular complexity index is 390. The molecule has 17 heavy (non-hydrogen) atoms. The van der Waals surface area contributed by atoms with Gasteiger partial charge in [-0.3, -0.25) is 4.79 Å². The van der Waals surface area contributed by atoms with Gasteiger partial charge in [0.25, 0.3) is 5.91 Å². The van der Waals surface area contributed by atoms with Gasteiger partial charge in [0.2, 0.25) is 0 Å². The van der Waals surface area contributed by atoms with Crippen LogP contribution in [0.25, 0.3) is 0 Å². The van der Waals surface area contributed by atoms with Crippen molar-refractivity contribution in [2.24, 2.45) is 0 Å². The number of nitrogen functional groups attached to an aromatic ring is 2. The second-order valence-electron chi connectivity index (χ2n) is 4.21. The monoisotopic (exact) mass is 235 g/mol. The molecule has 0 bridgehead atoms. The standard InChI is InChI=1S/C13H21N3O/c1-3-5-10(4-2)16-13(17)11-7-6-9(14)8-12(11)15/h6-8,10H,3-5,14-15H2,1-2H3,(H,16,17). The van der Waals surface area contributed by atoms with Crippen molar-refractivity contribution < 1.29 is 4.79 Å². The quantitative estimate of drug-likeness (QED) is 0.684. The van der Waals surface area contributed by atoms with Gasteiger partial charge >= 0.3 is 0 Å². The molecular weight excluding hydrogens is 214 g/mol. The van der Waals surface area contributed by atoms with Crippen LogP contribution in [0.15, 0.2) is 18.2 Å². The summed E-state index contributed by atoms with van der Waals surface area (Å²) in [6, 6.07) is 5.17. The van der Waals surface area contributed by atoms with Crippen LogP contribution in [0.1, 0.15) is 43.5 Å². The minimum absolute atomic E-state index is 0.122. The molecule has 0 aliphatic carbocycles. The van der Waals surface area contributed by atoms with Crippen LogP contribution < -0.4 is 16.8 Å². The summed E-state index contributed by atoms with van der Waals surface area (Å²) in [6.07, 6.45) is 2.96. The summed E-state index contributed by atoms with van der Waals surface area (Å²) < 4.78 is 0. The van der Waals surface area contributed by atoms with Crippen molar-refractivity contribution in [3.8, 4) is 0 Å². The van der Waals surface area contributed by atoms with E-state index in [4.69, 9.17) is 11.5 Å². The molecule has 0 aliphatic heterocycles. The zero-order valence-corrected chi connectivity index (χ0v) is 10.5. The van der Waals surface area contributed by atoms with Gasteiger partial charge in [-0.25, -0.2) is 0 Å². The molecule has 1 aromatic rings. The van der Waals surface area contributed by atoms with Crippen LogP contribution in [0.2, 0.25) is 0 Å². The summed E-state index contributed by atoms with van der Waals surface area (Å²) >= 11 is 0. The highest BCUT2D eigenvalue weighted by Gasteiger charge is 2.13. The van der Waals surface area contributed by atoms with Gasteiger partial charge < -0.3 is 16.8 Å². The lowest BCUT2D eigenvalue weighted by Gasteiger charge is -2.16. The maximum absolute atomic E-state index is 12.0. The number of benzene rings is 1. The fraction of sp³-hybridized carbons (Fsp3) is 0.462. The Balaban J connectivity index is 2.75. The molecule has 1 amide bonds. The number of hydrogen-bond donors (Lipinski definition) is 3. The van der Waals surface area contributed by atoms with Gasteiger partial charge in [0.1, 0.15) is 0 Å². The van der Waals surface area contributed by atoms with Gasteiger partial charge in [0.15, 0.2) is 0 Å². The lowest BCUT2D eigenvalue weighted by atomic mass is 10.1. The largest absolute Gasteiger partial charge is 0.399 e. The van der Waals surface area contributed by atoms with E-state index in [2.05, 4.69) is 19.2 Å². The van der Waals surface area contributed by atoms with Gasteiger partial charge in [-0.1, -0.05) is 20.3 Å². The normalized spacial score (nSPS) is 12.1. The first-order valence-electron chi connectivity index (χ1n) is 6.04. The van der Waals surface area contributed by atoms with Crippen LogP contribution in [0.5, 0.6) is 0 Å². The minimum atomic E-state index is -0.122. The number of carbonyl (C=O) groups is 1. The summed E-state index contributed by atoms with van der Waals surface area (Å²) in [6.45, 7) is 4.17. The second-order valence-corrected chi connectivity index (χ2v) is 4.21. The Morgan fingerprint density at radius 2 is 2.06 bits per heavy atom. The smallest absolute Gasteiger partial charge is 0.253 e. The predicted octanol–water partition coefficient (Wildman–Crippen LogP) is 2.16. The topological polar surface area (TPSA) is 81.1 Å². The van der Waals surface area contributed by atoms with Crippen molar-refractivity contribution in [3.05, 3.63) is 23.8 Å². The fourth-order valence-corrected chi connectivity index (χ4v) is 1.78.